The first-order chi connectivity index (χ1) is 5.63. The highest BCUT2D eigenvalue weighted by Gasteiger charge is 2.51. The van der Waals surface area contributed by atoms with Crippen LogP contribution in [0, 0.1) is 23.2 Å². The highest BCUT2D eigenvalue weighted by molar-refractivity contribution is 4.99. The second-order valence-corrected chi connectivity index (χ2v) is 5.26. The van der Waals surface area contributed by atoms with E-state index >= 15 is 0 Å². The zero-order valence-corrected chi connectivity index (χ0v) is 8.47. The summed E-state index contributed by atoms with van der Waals surface area (Å²) in [7, 11) is 0. The van der Waals surface area contributed by atoms with Gasteiger partial charge in [-0.05, 0) is 30.6 Å². The Hall–Kier alpha value is -0.0400. The summed E-state index contributed by atoms with van der Waals surface area (Å²) in [6.45, 7) is 9.18. The lowest BCUT2D eigenvalue weighted by atomic mass is 9.56. The Morgan fingerprint density at radius 1 is 1.17 bits per heavy atom. The maximum atomic E-state index is 5.27. The van der Waals surface area contributed by atoms with E-state index in [1.165, 1.54) is 12.8 Å². The molecule has 0 aromatic rings. The summed E-state index contributed by atoms with van der Waals surface area (Å²) in [5.74, 6) is 2.76. The van der Waals surface area contributed by atoms with Gasteiger partial charge >= 0.3 is 0 Å². The van der Waals surface area contributed by atoms with Crippen LogP contribution in [0.5, 0.6) is 0 Å². The number of hydrogen-bond donors (Lipinski definition) is 0. The van der Waals surface area contributed by atoms with Crippen LogP contribution in [0.1, 0.15) is 33.6 Å². The minimum atomic E-state index is 0.661. The molecule has 1 saturated carbocycles. The van der Waals surface area contributed by atoms with E-state index in [0.29, 0.717) is 5.41 Å². The average Bonchev–Trinajstić information content (AvgIpc) is 1.80. The summed E-state index contributed by atoms with van der Waals surface area (Å²) in [6, 6.07) is 0. The monoisotopic (exact) mass is 168 g/mol. The zero-order valence-electron chi connectivity index (χ0n) is 8.47. The summed E-state index contributed by atoms with van der Waals surface area (Å²) < 4.78 is 5.27. The molecule has 1 unspecified atom stereocenters. The molecule has 1 aliphatic carbocycles. The first-order valence-corrected chi connectivity index (χ1v) is 5.21. The van der Waals surface area contributed by atoms with Gasteiger partial charge in [0.05, 0.1) is 13.2 Å². The summed E-state index contributed by atoms with van der Waals surface area (Å²) in [4.78, 5) is 0. The molecule has 12 heavy (non-hydrogen) atoms. The maximum Gasteiger partial charge on any atom is 0.0545 e. The van der Waals surface area contributed by atoms with Crippen LogP contribution in [0.3, 0.4) is 0 Å². The quantitative estimate of drug-likeness (QED) is 0.616. The average molecular weight is 168 g/mol. The van der Waals surface area contributed by atoms with Crippen molar-refractivity contribution >= 4 is 0 Å². The van der Waals surface area contributed by atoms with Gasteiger partial charge in [0, 0.05) is 5.41 Å². The number of ether oxygens (including phenoxy) is 1. The molecule has 1 nitrogen and oxygen atoms in total. The minimum absolute atomic E-state index is 0.661. The van der Waals surface area contributed by atoms with Crippen LogP contribution in [0.4, 0.5) is 0 Å². The highest BCUT2D eigenvalue weighted by atomic mass is 16.5. The van der Waals surface area contributed by atoms with Crippen molar-refractivity contribution in [2.75, 3.05) is 13.2 Å². The first-order valence-electron chi connectivity index (χ1n) is 5.21. The lowest BCUT2D eigenvalue weighted by Crippen LogP contribution is -2.53. The molecule has 0 radical (unpaired) electrons. The van der Waals surface area contributed by atoms with Gasteiger partial charge in [-0.3, -0.25) is 0 Å². The molecule has 0 aromatic carbocycles. The maximum absolute atomic E-state index is 5.27. The summed E-state index contributed by atoms with van der Waals surface area (Å²) >= 11 is 0. The highest BCUT2D eigenvalue weighted by Crippen LogP contribution is 2.54. The van der Waals surface area contributed by atoms with Crippen molar-refractivity contribution in [1.29, 1.82) is 0 Å². The van der Waals surface area contributed by atoms with E-state index in [4.69, 9.17) is 4.74 Å². The lowest BCUT2D eigenvalue weighted by Gasteiger charge is -2.55. The minimum Gasteiger partial charge on any atom is -0.380 e. The van der Waals surface area contributed by atoms with Crippen LogP contribution in [0.25, 0.3) is 0 Å². The molecule has 1 aliphatic heterocycles. The summed E-state index contributed by atoms with van der Waals surface area (Å²) in [6.07, 6.45) is 2.87. The molecule has 1 spiro atoms. The van der Waals surface area contributed by atoms with Crippen LogP contribution >= 0.6 is 0 Å². The largest absolute Gasteiger partial charge is 0.380 e. The van der Waals surface area contributed by atoms with Crippen molar-refractivity contribution in [1.82, 2.24) is 0 Å². The molecule has 1 saturated heterocycles. The van der Waals surface area contributed by atoms with Gasteiger partial charge < -0.3 is 4.74 Å². The Kier molecular flexibility index (Phi) is 1.95. The third-order valence-electron chi connectivity index (χ3n) is 4.00. The van der Waals surface area contributed by atoms with E-state index in [1.54, 1.807) is 0 Å². The van der Waals surface area contributed by atoms with E-state index in [-0.39, 0.29) is 0 Å². The van der Waals surface area contributed by atoms with Crippen molar-refractivity contribution in [3.63, 3.8) is 0 Å². The van der Waals surface area contributed by atoms with Gasteiger partial charge in [0.15, 0.2) is 0 Å². The molecule has 2 fully saturated rings. The molecule has 1 atom stereocenters. The van der Waals surface area contributed by atoms with E-state index in [0.717, 1.165) is 31.0 Å². The van der Waals surface area contributed by atoms with Crippen molar-refractivity contribution in [3.8, 4) is 0 Å². The number of rotatable bonds is 2. The molecule has 0 bridgehead atoms. The fourth-order valence-electron chi connectivity index (χ4n) is 2.60. The fraction of sp³-hybridized carbons (Fsp3) is 1.00. The predicted molar refractivity (Wildman–Crippen MR) is 50.0 cm³/mol. The predicted octanol–water partition coefficient (Wildman–Crippen LogP) is 2.71. The molecule has 0 N–H and O–H groups in total. The molecule has 70 valence electrons. The standard InChI is InChI=1S/C11H20O/c1-8(2)9(3)10-4-11(5-10)6-12-7-11/h8-10H,4-7H2,1-3H3. The van der Waals surface area contributed by atoms with Gasteiger partial charge in [0.25, 0.3) is 0 Å². The van der Waals surface area contributed by atoms with Gasteiger partial charge in [-0.15, -0.1) is 0 Å². The molecular formula is C11H20O. The van der Waals surface area contributed by atoms with Gasteiger partial charge in [-0.1, -0.05) is 20.8 Å². The molecule has 1 heterocycles. The fourth-order valence-corrected chi connectivity index (χ4v) is 2.60. The van der Waals surface area contributed by atoms with E-state index in [1.807, 2.05) is 0 Å². The van der Waals surface area contributed by atoms with Gasteiger partial charge in [0.1, 0.15) is 0 Å². The van der Waals surface area contributed by atoms with Crippen molar-refractivity contribution in [2.45, 2.75) is 33.6 Å². The molecule has 2 rings (SSSR count). The summed E-state index contributed by atoms with van der Waals surface area (Å²) in [5.41, 5.74) is 0.661. The topological polar surface area (TPSA) is 9.23 Å². The van der Waals surface area contributed by atoms with E-state index in [2.05, 4.69) is 20.8 Å². The molecular weight excluding hydrogens is 148 g/mol. The molecule has 1 heteroatoms. The van der Waals surface area contributed by atoms with Crippen molar-refractivity contribution in [2.24, 2.45) is 23.2 Å². The van der Waals surface area contributed by atoms with Crippen LogP contribution in [0.2, 0.25) is 0 Å². The van der Waals surface area contributed by atoms with E-state index < -0.39 is 0 Å². The van der Waals surface area contributed by atoms with Gasteiger partial charge in [0.2, 0.25) is 0 Å². The van der Waals surface area contributed by atoms with Crippen LogP contribution in [-0.4, -0.2) is 13.2 Å². The Balaban J connectivity index is 1.80. The number of hydrogen-bond acceptors (Lipinski definition) is 1. The van der Waals surface area contributed by atoms with Crippen molar-refractivity contribution in [3.05, 3.63) is 0 Å². The SMILES string of the molecule is CC(C)C(C)C1CC2(COC2)C1. The second-order valence-electron chi connectivity index (χ2n) is 5.26. The van der Waals surface area contributed by atoms with E-state index in [9.17, 15) is 0 Å². The Morgan fingerprint density at radius 3 is 2.08 bits per heavy atom. The van der Waals surface area contributed by atoms with Crippen LogP contribution in [-0.2, 0) is 4.74 Å². The normalized spacial score (nSPS) is 30.0. The van der Waals surface area contributed by atoms with Crippen LogP contribution in [0.15, 0.2) is 0 Å². The Labute approximate surface area is 75.5 Å². The van der Waals surface area contributed by atoms with Crippen LogP contribution < -0.4 is 0 Å². The second kappa shape index (κ2) is 2.73. The van der Waals surface area contributed by atoms with Crippen molar-refractivity contribution < 1.29 is 4.74 Å². The third kappa shape index (κ3) is 1.19. The van der Waals surface area contributed by atoms with Gasteiger partial charge in [-0.2, -0.15) is 0 Å². The Morgan fingerprint density at radius 2 is 1.75 bits per heavy atom. The molecule has 2 aliphatic rings. The van der Waals surface area contributed by atoms with Gasteiger partial charge in [-0.25, -0.2) is 0 Å². The smallest absolute Gasteiger partial charge is 0.0545 e. The third-order valence-corrected chi connectivity index (χ3v) is 4.00. The summed E-state index contributed by atoms with van der Waals surface area (Å²) in [5, 5.41) is 0. The molecule has 0 aromatic heterocycles. The zero-order chi connectivity index (χ0) is 8.77. The lowest BCUT2D eigenvalue weighted by molar-refractivity contribution is -0.189. The first kappa shape index (κ1) is 8.55. The Bertz CT molecular complexity index is 162. The molecule has 0 amide bonds.